The molecule has 0 spiro atoms. The maximum Gasteiger partial charge on any atom is 0.213 e. The van der Waals surface area contributed by atoms with Crippen LogP contribution in [0.1, 0.15) is 39.2 Å². The highest BCUT2D eigenvalue weighted by Crippen LogP contribution is 2.20. The van der Waals surface area contributed by atoms with E-state index in [0.717, 1.165) is 19.6 Å². The Morgan fingerprint density at radius 2 is 2.29 bits per heavy atom. The van der Waals surface area contributed by atoms with E-state index in [2.05, 4.69) is 42.0 Å². The second-order valence-corrected chi connectivity index (χ2v) is 6.34. The zero-order valence-electron chi connectivity index (χ0n) is 13.8. The normalized spacial score (nSPS) is 23.5. The summed E-state index contributed by atoms with van der Waals surface area (Å²) >= 11 is 0. The molecule has 1 aromatic heterocycles. The summed E-state index contributed by atoms with van der Waals surface area (Å²) in [6, 6.07) is 5.36. The molecule has 2 rings (SSSR count). The van der Waals surface area contributed by atoms with Crippen molar-refractivity contribution in [2.24, 2.45) is 5.92 Å². The van der Waals surface area contributed by atoms with E-state index in [1.165, 1.54) is 18.4 Å². The van der Waals surface area contributed by atoms with Crippen LogP contribution in [-0.4, -0.2) is 42.2 Å². The molecule has 1 fully saturated rings. The van der Waals surface area contributed by atoms with Crippen molar-refractivity contribution in [2.45, 2.75) is 52.2 Å². The maximum absolute atomic E-state index is 5.24. The zero-order chi connectivity index (χ0) is 15.2. The van der Waals surface area contributed by atoms with Crippen LogP contribution in [0.2, 0.25) is 0 Å². The van der Waals surface area contributed by atoms with Crippen molar-refractivity contribution < 1.29 is 4.74 Å². The smallest absolute Gasteiger partial charge is 0.213 e. The second kappa shape index (κ2) is 7.76. The van der Waals surface area contributed by atoms with E-state index in [0.29, 0.717) is 23.9 Å². The van der Waals surface area contributed by atoms with Gasteiger partial charge in [-0.25, -0.2) is 4.98 Å². The van der Waals surface area contributed by atoms with Crippen LogP contribution >= 0.6 is 0 Å². The van der Waals surface area contributed by atoms with Gasteiger partial charge in [-0.05, 0) is 24.0 Å². The van der Waals surface area contributed by atoms with E-state index >= 15 is 0 Å². The van der Waals surface area contributed by atoms with Crippen molar-refractivity contribution in [3.05, 3.63) is 23.9 Å². The van der Waals surface area contributed by atoms with Crippen molar-refractivity contribution in [3.63, 3.8) is 0 Å². The van der Waals surface area contributed by atoms with Gasteiger partial charge in [-0.2, -0.15) is 0 Å². The minimum atomic E-state index is 0.595. The average Bonchev–Trinajstić information content (AvgIpc) is 2.48. The first kappa shape index (κ1) is 16.2. The summed E-state index contributed by atoms with van der Waals surface area (Å²) in [7, 11) is 1.67. The second-order valence-electron chi connectivity index (χ2n) is 6.34. The molecule has 2 atom stereocenters. The largest absolute Gasteiger partial charge is 0.481 e. The fourth-order valence-corrected chi connectivity index (χ4v) is 3.18. The number of hydrogen-bond donors (Lipinski definition) is 1. The Bertz CT molecular complexity index is 436. The first-order valence-electron chi connectivity index (χ1n) is 8.10. The van der Waals surface area contributed by atoms with Gasteiger partial charge < -0.3 is 10.1 Å². The third-order valence-corrected chi connectivity index (χ3v) is 4.34. The van der Waals surface area contributed by atoms with Crippen LogP contribution in [0.25, 0.3) is 0 Å². The minimum Gasteiger partial charge on any atom is -0.481 e. The molecule has 2 unspecified atom stereocenters. The summed E-state index contributed by atoms with van der Waals surface area (Å²) in [6.07, 6.45) is 4.33. The van der Waals surface area contributed by atoms with E-state index in [1.807, 2.05) is 12.3 Å². The molecule has 4 heteroatoms. The van der Waals surface area contributed by atoms with Crippen molar-refractivity contribution in [2.75, 3.05) is 20.2 Å². The van der Waals surface area contributed by atoms with Gasteiger partial charge in [0.2, 0.25) is 5.88 Å². The lowest BCUT2D eigenvalue weighted by molar-refractivity contribution is 0.0884. The summed E-state index contributed by atoms with van der Waals surface area (Å²) in [6.45, 7) is 10.1. The number of ether oxygens (including phenoxy) is 1. The number of rotatable bonds is 6. The number of methoxy groups -OCH3 is 1. The lowest BCUT2D eigenvalue weighted by atomic mass is 9.96. The van der Waals surface area contributed by atoms with Gasteiger partial charge in [-0.3, -0.25) is 4.90 Å². The Morgan fingerprint density at radius 3 is 2.95 bits per heavy atom. The van der Waals surface area contributed by atoms with Gasteiger partial charge in [0.05, 0.1) is 7.11 Å². The molecule has 1 saturated heterocycles. The molecule has 0 saturated carbocycles. The monoisotopic (exact) mass is 291 g/mol. The van der Waals surface area contributed by atoms with Crippen LogP contribution in [0.3, 0.4) is 0 Å². The van der Waals surface area contributed by atoms with Gasteiger partial charge in [-0.1, -0.05) is 27.2 Å². The van der Waals surface area contributed by atoms with Crippen molar-refractivity contribution >= 4 is 0 Å². The first-order chi connectivity index (χ1) is 10.1. The molecule has 0 radical (unpaired) electrons. The molecule has 1 aliphatic rings. The van der Waals surface area contributed by atoms with Gasteiger partial charge in [0.1, 0.15) is 0 Å². The van der Waals surface area contributed by atoms with Gasteiger partial charge in [0.15, 0.2) is 0 Å². The zero-order valence-corrected chi connectivity index (χ0v) is 13.8. The van der Waals surface area contributed by atoms with E-state index in [1.54, 1.807) is 7.11 Å². The molecule has 1 aromatic rings. The number of nitrogens with one attached hydrogen (secondary N) is 1. The first-order valence-corrected chi connectivity index (χ1v) is 8.10. The molecule has 4 nitrogen and oxygen atoms in total. The van der Waals surface area contributed by atoms with Crippen molar-refractivity contribution in [1.29, 1.82) is 0 Å². The highest BCUT2D eigenvalue weighted by Gasteiger charge is 2.29. The molecule has 0 aromatic carbocycles. The topological polar surface area (TPSA) is 37.4 Å². The number of piperazine rings is 1. The van der Waals surface area contributed by atoms with Crippen molar-refractivity contribution in [3.8, 4) is 5.88 Å². The Hall–Kier alpha value is -1.13. The number of aromatic nitrogens is 1. The Kier molecular flexibility index (Phi) is 6.00. The van der Waals surface area contributed by atoms with Gasteiger partial charge in [-0.15, -0.1) is 0 Å². The quantitative estimate of drug-likeness (QED) is 0.874. The molecular formula is C17H29N3O. The summed E-state index contributed by atoms with van der Waals surface area (Å²) in [4.78, 5) is 6.82. The summed E-state index contributed by atoms with van der Waals surface area (Å²) in [5, 5.41) is 3.71. The average molecular weight is 291 g/mol. The van der Waals surface area contributed by atoms with Gasteiger partial charge >= 0.3 is 0 Å². The molecule has 0 amide bonds. The fraction of sp³-hybridized carbons (Fsp3) is 0.706. The highest BCUT2D eigenvalue weighted by molar-refractivity contribution is 5.20. The van der Waals surface area contributed by atoms with Gasteiger partial charge in [0, 0.05) is 44.0 Å². The molecule has 21 heavy (non-hydrogen) atoms. The predicted octanol–water partition coefficient (Wildman–Crippen LogP) is 2.69. The number of hydrogen-bond acceptors (Lipinski definition) is 4. The Balaban J connectivity index is 2.07. The van der Waals surface area contributed by atoms with Crippen LogP contribution in [0.15, 0.2) is 18.3 Å². The van der Waals surface area contributed by atoms with E-state index in [-0.39, 0.29) is 0 Å². The molecule has 0 aliphatic carbocycles. The minimum absolute atomic E-state index is 0.595. The molecule has 1 aliphatic heterocycles. The standard InChI is InChI=1S/C17H29N3O/c1-5-6-15-12-20(16(10-19-15)13(2)3)11-14-7-8-18-17(9-14)21-4/h7-9,13,15-16,19H,5-6,10-12H2,1-4H3. The summed E-state index contributed by atoms with van der Waals surface area (Å²) < 4.78 is 5.24. The van der Waals surface area contributed by atoms with Crippen LogP contribution in [-0.2, 0) is 6.54 Å². The molecular weight excluding hydrogens is 262 g/mol. The van der Waals surface area contributed by atoms with E-state index < -0.39 is 0 Å². The maximum atomic E-state index is 5.24. The van der Waals surface area contributed by atoms with E-state index in [4.69, 9.17) is 4.74 Å². The predicted molar refractivity (Wildman–Crippen MR) is 86.5 cm³/mol. The molecule has 0 bridgehead atoms. The lowest BCUT2D eigenvalue weighted by Crippen LogP contribution is -2.57. The Morgan fingerprint density at radius 1 is 1.48 bits per heavy atom. The highest BCUT2D eigenvalue weighted by atomic mass is 16.5. The van der Waals surface area contributed by atoms with Crippen LogP contribution < -0.4 is 10.1 Å². The van der Waals surface area contributed by atoms with Crippen LogP contribution in [0.4, 0.5) is 0 Å². The molecule has 118 valence electrons. The summed E-state index contributed by atoms with van der Waals surface area (Å²) in [5.41, 5.74) is 1.28. The Labute approximate surface area is 128 Å². The SMILES string of the molecule is CCCC1CN(Cc2ccnc(OC)c2)C(C(C)C)CN1. The van der Waals surface area contributed by atoms with Gasteiger partial charge in [0.25, 0.3) is 0 Å². The number of pyridine rings is 1. The molecule has 1 N–H and O–H groups in total. The van der Waals surface area contributed by atoms with Crippen molar-refractivity contribution in [1.82, 2.24) is 15.2 Å². The third-order valence-electron chi connectivity index (χ3n) is 4.34. The lowest BCUT2D eigenvalue weighted by Gasteiger charge is -2.42. The van der Waals surface area contributed by atoms with Crippen LogP contribution in [0, 0.1) is 5.92 Å². The number of nitrogens with zero attached hydrogens (tertiary/aromatic N) is 2. The van der Waals surface area contributed by atoms with Crippen LogP contribution in [0.5, 0.6) is 5.88 Å². The fourth-order valence-electron chi connectivity index (χ4n) is 3.18. The molecule has 2 heterocycles. The van der Waals surface area contributed by atoms with E-state index in [9.17, 15) is 0 Å². The summed E-state index contributed by atoms with van der Waals surface area (Å²) in [5.74, 6) is 1.36. The third kappa shape index (κ3) is 4.42.